The number of H-pyrrole nitrogens is 1. The fourth-order valence-corrected chi connectivity index (χ4v) is 3.94. The normalized spacial score (nSPS) is 17.9. The zero-order chi connectivity index (χ0) is 26.0. The standard InChI is InChI=1S/C21H34N8O6/c22-6-2-1-4-14(21(34)35)27-18(31)15(8-12-10-25-11-26-12)28-19(32)16-5-3-7-29(16)20(33)13(23)9-17(24)30/h10-11,13-16H,1-9,22-23H2,(H2,24,30)(H,25,26)(H,27,31)(H,28,32)(H,34,35). The second-order valence-electron chi connectivity index (χ2n) is 8.49. The third kappa shape index (κ3) is 8.33. The van der Waals surface area contributed by atoms with Crippen LogP contribution in [0.4, 0.5) is 0 Å². The monoisotopic (exact) mass is 494 g/mol. The molecule has 1 aliphatic heterocycles. The number of aromatic nitrogens is 2. The zero-order valence-electron chi connectivity index (χ0n) is 19.4. The number of amides is 4. The van der Waals surface area contributed by atoms with Gasteiger partial charge in [-0.25, -0.2) is 9.78 Å². The number of nitrogens with zero attached hydrogens (tertiary/aromatic N) is 2. The van der Waals surface area contributed by atoms with Crippen LogP contribution in [0.3, 0.4) is 0 Å². The average molecular weight is 495 g/mol. The lowest BCUT2D eigenvalue weighted by atomic mass is 10.1. The molecule has 0 saturated carbocycles. The van der Waals surface area contributed by atoms with Gasteiger partial charge in [-0.1, -0.05) is 0 Å². The lowest BCUT2D eigenvalue weighted by Crippen LogP contribution is -2.57. The van der Waals surface area contributed by atoms with E-state index in [1.54, 1.807) is 0 Å². The van der Waals surface area contributed by atoms with E-state index in [-0.39, 0.29) is 25.8 Å². The van der Waals surface area contributed by atoms with Crippen molar-refractivity contribution >= 4 is 29.6 Å². The van der Waals surface area contributed by atoms with E-state index in [1.807, 2.05) is 0 Å². The number of imidazole rings is 1. The smallest absolute Gasteiger partial charge is 0.326 e. The van der Waals surface area contributed by atoms with Crippen molar-refractivity contribution in [3.05, 3.63) is 18.2 Å². The summed E-state index contributed by atoms with van der Waals surface area (Å²) in [6.07, 6.45) is 4.75. The van der Waals surface area contributed by atoms with Crippen molar-refractivity contribution in [1.29, 1.82) is 0 Å². The van der Waals surface area contributed by atoms with E-state index in [4.69, 9.17) is 17.2 Å². The molecule has 0 spiro atoms. The Balaban J connectivity index is 2.13. The van der Waals surface area contributed by atoms with Crippen molar-refractivity contribution in [2.24, 2.45) is 17.2 Å². The van der Waals surface area contributed by atoms with Crippen molar-refractivity contribution in [3.63, 3.8) is 0 Å². The van der Waals surface area contributed by atoms with E-state index in [9.17, 15) is 29.1 Å². The minimum Gasteiger partial charge on any atom is -0.480 e. The van der Waals surface area contributed by atoms with Crippen LogP contribution in [0.1, 0.15) is 44.2 Å². The fourth-order valence-electron chi connectivity index (χ4n) is 3.94. The van der Waals surface area contributed by atoms with Crippen LogP contribution in [0.15, 0.2) is 12.5 Å². The molecule has 4 amide bonds. The number of carboxylic acids is 1. The highest BCUT2D eigenvalue weighted by molar-refractivity contribution is 5.95. The number of likely N-dealkylation sites (tertiary alicyclic amines) is 1. The van der Waals surface area contributed by atoms with Crippen molar-refractivity contribution in [2.45, 2.75) is 69.1 Å². The number of primary amides is 1. The van der Waals surface area contributed by atoms with Gasteiger partial charge >= 0.3 is 5.97 Å². The van der Waals surface area contributed by atoms with Crippen LogP contribution in [0, 0.1) is 0 Å². The molecule has 1 aliphatic rings. The second-order valence-corrected chi connectivity index (χ2v) is 8.49. The maximum atomic E-state index is 13.1. The summed E-state index contributed by atoms with van der Waals surface area (Å²) in [6.45, 7) is 0.668. The molecule has 14 nitrogen and oxygen atoms in total. The number of hydrogen-bond acceptors (Lipinski definition) is 8. The SMILES string of the molecule is NCCCCC(NC(=O)C(Cc1cnc[nH]1)NC(=O)C1CCCN1C(=O)C(N)CC(N)=O)C(=O)O. The lowest BCUT2D eigenvalue weighted by molar-refractivity contribution is -0.143. The van der Waals surface area contributed by atoms with Gasteiger partial charge in [-0.05, 0) is 38.6 Å². The van der Waals surface area contributed by atoms with Crippen molar-refractivity contribution in [1.82, 2.24) is 25.5 Å². The summed E-state index contributed by atoms with van der Waals surface area (Å²) in [5.41, 5.74) is 16.9. The first-order valence-electron chi connectivity index (χ1n) is 11.5. The third-order valence-electron chi connectivity index (χ3n) is 5.75. The van der Waals surface area contributed by atoms with Crippen molar-refractivity contribution in [2.75, 3.05) is 13.1 Å². The summed E-state index contributed by atoms with van der Waals surface area (Å²) in [4.78, 5) is 69.6. The predicted octanol–water partition coefficient (Wildman–Crippen LogP) is -2.67. The largest absolute Gasteiger partial charge is 0.480 e. The quantitative estimate of drug-likeness (QED) is 0.133. The van der Waals surface area contributed by atoms with Crippen LogP contribution in [0.5, 0.6) is 0 Å². The highest BCUT2D eigenvalue weighted by Crippen LogP contribution is 2.19. The first-order valence-corrected chi connectivity index (χ1v) is 11.5. The molecule has 0 radical (unpaired) electrons. The van der Waals surface area contributed by atoms with E-state index in [0.717, 1.165) is 0 Å². The molecule has 10 N–H and O–H groups in total. The summed E-state index contributed by atoms with van der Waals surface area (Å²) in [5, 5.41) is 14.6. The Labute approximate surface area is 202 Å². The molecule has 2 rings (SSSR count). The van der Waals surface area contributed by atoms with Gasteiger partial charge in [-0.15, -0.1) is 0 Å². The average Bonchev–Trinajstić information content (AvgIpc) is 3.49. The van der Waals surface area contributed by atoms with Crippen LogP contribution in [0.2, 0.25) is 0 Å². The Morgan fingerprint density at radius 1 is 1.20 bits per heavy atom. The van der Waals surface area contributed by atoms with Crippen molar-refractivity contribution in [3.8, 4) is 0 Å². The van der Waals surface area contributed by atoms with E-state index in [2.05, 4.69) is 20.6 Å². The number of aromatic amines is 1. The molecule has 0 bridgehead atoms. The zero-order valence-corrected chi connectivity index (χ0v) is 19.4. The van der Waals surface area contributed by atoms with Crippen LogP contribution in [-0.4, -0.2) is 86.8 Å². The predicted molar refractivity (Wildman–Crippen MR) is 123 cm³/mol. The molecule has 1 saturated heterocycles. The van der Waals surface area contributed by atoms with Gasteiger partial charge in [0.15, 0.2) is 0 Å². The number of carbonyl (C=O) groups excluding carboxylic acids is 4. The maximum Gasteiger partial charge on any atom is 0.326 e. The van der Waals surface area contributed by atoms with E-state index in [1.165, 1.54) is 17.4 Å². The molecular weight excluding hydrogens is 460 g/mol. The summed E-state index contributed by atoms with van der Waals surface area (Å²) < 4.78 is 0. The number of rotatable bonds is 14. The molecule has 4 unspecified atom stereocenters. The highest BCUT2D eigenvalue weighted by atomic mass is 16.4. The number of carbonyl (C=O) groups is 5. The number of nitrogens with one attached hydrogen (secondary N) is 3. The maximum absolute atomic E-state index is 13.1. The molecule has 35 heavy (non-hydrogen) atoms. The van der Waals surface area contributed by atoms with Gasteiger partial charge in [0.05, 0.1) is 18.8 Å². The number of carboxylic acid groups (broad SMARTS) is 1. The number of hydrogen-bond donors (Lipinski definition) is 7. The molecule has 0 aromatic carbocycles. The second kappa shape index (κ2) is 13.4. The van der Waals surface area contributed by atoms with Crippen molar-refractivity contribution < 1.29 is 29.1 Å². The summed E-state index contributed by atoms with van der Waals surface area (Å²) >= 11 is 0. The van der Waals surface area contributed by atoms with Gasteiger partial charge in [0.2, 0.25) is 23.6 Å². The molecule has 1 fully saturated rings. The lowest BCUT2D eigenvalue weighted by Gasteiger charge is -2.28. The summed E-state index contributed by atoms with van der Waals surface area (Å²) in [5.74, 6) is -3.78. The summed E-state index contributed by atoms with van der Waals surface area (Å²) in [7, 11) is 0. The Morgan fingerprint density at radius 2 is 1.94 bits per heavy atom. The van der Waals surface area contributed by atoms with Crippen LogP contribution >= 0.6 is 0 Å². The highest BCUT2D eigenvalue weighted by Gasteiger charge is 2.38. The van der Waals surface area contributed by atoms with Crippen LogP contribution in [-0.2, 0) is 30.4 Å². The Kier molecular flexibility index (Phi) is 10.6. The molecule has 0 aliphatic carbocycles. The van der Waals surface area contributed by atoms with E-state index < -0.39 is 53.8 Å². The van der Waals surface area contributed by atoms with Gasteiger partial charge in [-0.3, -0.25) is 19.2 Å². The Bertz CT molecular complexity index is 892. The minimum atomic E-state index is -1.20. The number of unbranched alkanes of at least 4 members (excludes halogenated alkanes) is 1. The molecule has 194 valence electrons. The molecule has 2 heterocycles. The molecule has 14 heteroatoms. The van der Waals surface area contributed by atoms with E-state index in [0.29, 0.717) is 37.9 Å². The van der Waals surface area contributed by atoms with Gasteiger partial charge in [0, 0.05) is 24.9 Å². The Hall–Kier alpha value is -3.52. The topological polar surface area (TPSA) is 240 Å². The first kappa shape index (κ1) is 27.7. The van der Waals surface area contributed by atoms with Gasteiger partial charge in [0.25, 0.3) is 0 Å². The summed E-state index contributed by atoms with van der Waals surface area (Å²) in [6, 6.07) is -4.34. The number of nitrogens with two attached hydrogens (primary N) is 3. The first-order chi connectivity index (χ1) is 16.6. The Morgan fingerprint density at radius 3 is 2.54 bits per heavy atom. The van der Waals surface area contributed by atoms with E-state index >= 15 is 0 Å². The van der Waals surface area contributed by atoms with Crippen LogP contribution < -0.4 is 27.8 Å². The third-order valence-corrected chi connectivity index (χ3v) is 5.75. The molecule has 1 aromatic rings. The van der Waals surface area contributed by atoms with Gasteiger partial charge < -0.3 is 42.8 Å². The molecular formula is C21H34N8O6. The van der Waals surface area contributed by atoms with Gasteiger partial charge in [0.1, 0.15) is 18.1 Å². The van der Waals surface area contributed by atoms with Crippen LogP contribution in [0.25, 0.3) is 0 Å². The molecule has 1 aromatic heterocycles. The fraction of sp³-hybridized carbons (Fsp3) is 0.619. The van der Waals surface area contributed by atoms with Gasteiger partial charge in [-0.2, -0.15) is 0 Å². The minimum absolute atomic E-state index is 0.0224. The molecule has 4 atom stereocenters. The number of aliphatic carboxylic acids is 1.